The number of ether oxygens (including phenoxy) is 1. The van der Waals surface area contributed by atoms with E-state index in [-0.39, 0.29) is 18.4 Å². The number of carbonyl (C=O) groups is 1. The molecule has 0 saturated heterocycles. The first-order valence-electron chi connectivity index (χ1n) is 10.2. The van der Waals surface area contributed by atoms with Crippen LogP contribution in [0.3, 0.4) is 0 Å². The molecule has 5 nitrogen and oxygen atoms in total. The van der Waals surface area contributed by atoms with E-state index < -0.39 is 0 Å². The molecule has 0 bridgehead atoms. The van der Waals surface area contributed by atoms with Crippen molar-refractivity contribution in [2.75, 3.05) is 18.1 Å². The lowest BCUT2D eigenvalue weighted by molar-refractivity contribution is -0.120. The van der Waals surface area contributed by atoms with E-state index in [9.17, 15) is 4.79 Å². The lowest BCUT2D eigenvalue weighted by Gasteiger charge is -2.21. The Hall–Kier alpha value is -3.60. The quantitative estimate of drug-likeness (QED) is 0.450. The second-order valence-corrected chi connectivity index (χ2v) is 7.49. The highest BCUT2D eigenvalue weighted by atomic mass is 16.5. The molecule has 0 atom stereocenters. The van der Waals surface area contributed by atoms with E-state index in [0.717, 1.165) is 18.2 Å². The molecular formula is C25H22N2O3. The normalized spacial score (nSPS) is 13.5. The third kappa shape index (κ3) is 3.43. The molecule has 30 heavy (non-hydrogen) atoms. The summed E-state index contributed by atoms with van der Waals surface area (Å²) in [5.74, 6) is 1.37. The summed E-state index contributed by atoms with van der Waals surface area (Å²) in [7, 11) is 0. The third-order valence-electron chi connectivity index (χ3n) is 5.63. The molecule has 2 heterocycles. The standard InChI is InChI=1S/C25H22N2O3/c28-23-17-29-21-14-7-15-22-24(21)25(26-30-22)27(23)16-8-13-20(18-9-3-1-4-10-18)19-11-5-2-6-12-19/h1-7,9-12,14-15,20H,8,13,16-17H2. The van der Waals surface area contributed by atoms with E-state index in [4.69, 9.17) is 9.26 Å². The van der Waals surface area contributed by atoms with E-state index in [1.54, 1.807) is 4.90 Å². The minimum Gasteiger partial charge on any atom is -0.483 e. The average Bonchev–Trinajstić information content (AvgIpc) is 3.17. The molecule has 4 aromatic rings. The molecule has 1 amide bonds. The number of hydrogen-bond acceptors (Lipinski definition) is 4. The first-order chi connectivity index (χ1) is 14.8. The Morgan fingerprint density at radius 2 is 1.60 bits per heavy atom. The molecule has 0 radical (unpaired) electrons. The second kappa shape index (κ2) is 8.03. The molecular weight excluding hydrogens is 376 g/mol. The lowest BCUT2D eigenvalue weighted by atomic mass is 9.87. The number of hydrogen-bond donors (Lipinski definition) is 0. The van der Waals surface area contributed by atoms with Gasteiger partial charge in [-0.25, -0.2) is 0 Å². The van der Waals surface area contributed by atoms with Crippen LogP contribution in [0.15, 0.2) is 83.4 Å². The van der Waals surface area contributed by atoms with Gasteiger partial charge in [-0.3, -0.25) is 9.69 Å². The molecule has 0 spiro atoms. The molecule has 0 aliphatic carbocycles. The number of carbonyl (C=O) groups excluding carboxylic acids is 1. The topological polar surface area (TPSA) is 55.6 Å². The molecule has 5 heteroatoms. The number of rotatable bonds is 6. The summed E-state index contributed by atoms with van der Waals surface area (Å²) in [6.07, 6.45) is 1.75. The monoisotopic (exact) mass is 398 g/mol. The van der Waals surface area contributed by atoms with Gasteiger partial charge in [-0.2, -0.15) is 0 Å². The molecule has 0 fully saturated rings. The predicted octanol–water partition coefficient (Wildman–Crippen LogP) is 5.17. The van der Waals surface area contributed by atoms with Gasteiger partial charge in [-0.15, -0.1) is 0 Å². The minimum atomic E-state index is -0.0997. The zero-order valence-corrected chi connectivity index (χ0v) is 16.5. The largest absolute Gasteiger partial charge is 0.483 e. The van der Waals surface area contributed by atoms with Crippen LogP contribution >= 0.6 is 0 Å². The van der Waals surface area contributed by atoms with Gasteiger partial charge in [0.1, 0.15) is 11.1 Å². The van der Waals surface area contributed by atoms with Crippen molar-refractivity contribution < 1.29 is 14.1 Å². The number of benzene rings is 3. The zero-order chi connectivity index (χ0) is 20.3. The van der Waals surface area contributed by atoms with E-state index in [1.807, 2.05) is 30.3 Å². The van der Waals surface area contributed by atoms with Gasteiger partial charge in [-0.05, 0) is 36.1 Å². The predicted molar refractivity (Wildman–Crippen MR) is 116 cm³/mol. The average molecular weight is 398 g/mol. The summed E-state index contributed by atoms with van der Waals surface area (Å²) in [5, 5.41) is 4.95. The van der Waals surface area contributed by atoms with Gasteiger partial charge in [0.25, 0.3) is 5.91 Å². The summed E-state index contributed by atoms with van der Waals surface area (Å²) in [4.78, 5) is 14.5. The van der Waals surface area contributed by atoms with Crippen LogP contribution in [0.1, 0.15) is 29.9 Å². The van der Waals surface area contributed by atoms with Crippen LogP contribution < -0.4 is 9.64 Å². The summed E-state index contributed by atoms with van der Waals surface area (Å²) in [6, 6.07) is 26.6. The highest BCUT2D eigenvalue weighted by Gasteiger charge is 2.28. The Labute approximate surface area is 174 Å². The number of aromatic nitrogens is 1. The maximum Gasteiger partial charge on any atom is 0.266 e. The van der Waals surface area contributed by atoms with E-state index in [2.05, 4.69) is 53.7 Å². The summed E-state index contributed by atoms with van der Waals surface area (Å²) >= 11 is 0. The SMILES string of the molecule is O=C1COc2cccc3onc(c23)N1CCCC(c1ccccc1)c1ccccc1. The molecule has 5 rings (SSSR count). The molecule has 1 aliphatic heterocycles. The molecule has 0 unspecified atom stereocenters. The maximum atomic E-state index is 12.8. The molecule has 1 aliphatic rings. The van der Waals surface area contributed by atoms with Crippen molar-refractivity contribution in [2.45, 2.75) is 18.8 Å². The fourth-order valence-corrected chi connectivity index (χ4v) is 4.17. The molecule has 3 aromatic carbocycles. The number of nitrogens with zero attached hydrogens (tertiary/aromatic N) is 2. The van der Waals surface area contributed by atoms with Crippen molar-refractivity contribution in [2.24, 2.45) is 0 Å². The van der Waals surface area contributed by atoms with E-state index in [0.29, 0.717) is 23.7 Å². The maximum absolute atomic E-state index is 12.8. The minimum absolute atomic E-state index is 0.0102. The summed E-state index contributed by atoms with van der Waals surface area (Å²) < 4.78 is 11.1. The molecule has 150 valence electrons. The first kappa shape index (κ1) is 18.4. The zero-order valence-electron chi connectivity index (χ0n) is 16.5. The van der Waals surface area contributed by atoms with Crippen LogP contribution in [-0.2, 0) is 4.79 Å². The second-order valence-electron chi connectivity index (χ2n) is 7.49. The highest BCUT2D eigenvalue weighted by Crippen LogP contribution is 2.37. The Kier molecular flexibility index (Phi) is 4.93. The summed E-state index contributed by atoms with van der Waals surface area (Å²) in [6.45, 7) is 0.574. The van der Waals surface area contributed by atoms with Crippen LogP contribution in [0.4, 0.5) is 5.82 Å². The van der Waals surface area contributed by atoms with Crippen molar-refractivity contribution in [1.29, 1.82) is 0 Å². The van der Waals surface area contributed by atoms with Gasteiger partial charge in [0.15, 0.2) is 18.0 Å². The van der Waals surface area contributed by atoms with Crippen molar-refractivity contribution in [1.82, 2.24) is 5.16 Å². The Bertz CT molecular complexity index is 1120. The van der Waals surface area contributed by atoms with Gasteiger partial charge >= 0.3 is 0 Å². The van der Waals surface area contributed by atoms with Crippen LogP contribution in [0.25, 0.3) is 11.0 Å². The van der Waals surface area contributed by atoms with Gasteiger partial charge in [0, 0.05) is 12.5 Å². The number of anilines is 1. The van der Waals surface area contributed by atoms with Crippen LogP contribution in [0.2, 0.25) is 0 Å². The van der Waals surface area contributed by atoms with Gasteiger partial charge in [0.05, 0.1) is 0 Å². The fourth-order valence-electron chi connectivity index (χ4n) is 4.17. The molecule has 0 N–H and O–H groups in total. The van der Waals surface area contributed by atoms with Crippen LogP contribution in [-0.4, -0.2) is 24.2 Å². The van der Waals surface area contributed by atoms with Crippen molar-refractivity contribution in [3.05, 3.63) is 90.0 Å². The van der Waals surface area contributed by atoms with Crippen molar-refractivity contribution in [3.8, 4) is 5.75 Å². The van der Waals surface area contributed by atoms with E-state index >= 15 is 0 Å². The van der Waals surface area contributed by atoms with Gasteiger partial charge < -0.3 is 9.26 Å². The smallest absolute Gasteiger partial charge is 0.266 e. The van der Waals surface area contributed by atoms with E-state index in [1.165, 1.54) is 11.1 Å². The Balaban J connectivity index is 1.38. The Morgan fingerprint density at radius 1 is 0.900 bits per heavy atom. The fraction of sp³-hybridized carbons (Fsp3) is 0.200. The van der Waals surface area contributed by atoms with Crippen molar-refractivity contribution in [3.63, 3.8) is 0 Å². The number of amides is 1. The molecule has 1 aromatic heterocycles. The van der Waals surface area contributed by atoms with Crippen LogP contribution in [0.5, 0.6) is 5.75 Å². The van der Waals surface area contributed by atoms with Crippen LogP contribution in [0, 0.1) is 0 Å². The van der Waals surface area contributed by atoms with Gasteiger partial charge in [-0.1, -0.05) is 71.9 Å². The van der Waals surface area contributed by atoms with Crippen molar-refractivity contribution >= 4 is 22.7 Å². The highest BCUT2D eigenvalue weighted by molar-refractivity contribution is 6.05. The lowest BCUT2D eigenvalue weighted by Crippen LogP contribution is -2.35. The van der Waals surface area contributed by atoms with Gasteiger partial charge in [0.2, 0.25) is 0 Å². The summed E-state index contributed by atoms with van der Waals surface area (Å²) in [5.41, 5.74) is 3.19. The Morgan fingerprint density at radius 3 is 2.30 bits per heavy atom. The third-order valence-corrected chi connectivity index (χ3v) is 5.63. The molecule has 0 saturated carbocycles. The first-order valence-corrected chi connectivity index (χ1v) is 10.2.